The van der Waals surface area contributed by atoms with Gasteiger partial charge in [-0.05, 0) is 31.9 Å². The van der Waals surface area contributed by atoms with Crippen molar-refractivity contribution in [1.29, 1.82) is 0 Å². The summed E-state index contributed by atoms with van der Waals surface area (Å²) in [6, 6.07) is 1.85. The molecule has 0 unspecified atom stereocenters. The van der Waals surface area contributed by atoms with Crippen LogP contribution >= 0.6 is 0 Å². The number of nitrogens with zero attached hydrogens (tertiary/aromatic N) is 1. The van der Waals surface area contributed by atoms with Crippen molar-refractivity contribution in [2.45, 2.75) is 20.3 Å². The number of hydrogen-bond donors (Lipinski definition) is 0. The van der Waals surface area contributed by atoms with Crippen LogP contribution in [0, 0.1) is 12.8 Å². The summed E-state index contributed by atoms with van der Waals surface area (Å²) in [5.74, 6) is -1.26. The van der Waals surface area contributed by atoms with Gasteiger partial charge in [0.25, 0.3) is 0 Å². The van der Waals surface area contributed by atoms with Crippen LogP contribution in [0.1, 0.15) is 28.5 Å². The molecule has 1 aromatic rings. The van der Waals surface area contributed by atoms with Gasteiger partial charge in [-0.15, -0.1) is 0 Å². The molecule has 1 aliphatic rings. The second kappa shape index (κ2) is 4.04. The second-order valence-corrected chi connectivity index (χ2v) is 3.86. The normalized spacial score (nSPS) is 18.4. The Morgan fingerprint density at radius 3 is 3.06 bits per heavy atom. The van der Waals surface area contributed by atoms with E-state index < -0.39 is 11.9 Å². The van der Waals surface area contributed by atoms with Gasteiger partial charge in [-0.3, -0.25) is 14.6 Å². The lowest BCUT2D eigenvalue weighted by Crippen LogP contribution is -2.23. The molecule has 0 bridgehead atoms. The highest BCUT2D eigenvalue weighted by Crippen LogP contribution is 2.27. The summed E-state index contributed by atoms with van der Waals surface area (Å²) in [4.78, 5) is 27.5. The van der Waals surface area contributed by atoms with Crippen LogP contribution in [0.3, 0.4) is 0 Å². The average Bonchev–Trinajstić information content (AvgIpc) is 2.56. The van der Waals surface area contributed by atoms with E-state index >= 15 is 0 Å². The predicted molar refractivity (Wildman–Crippen MR) is 57.1 cm³/mol. The Kier molecular flexibility index (Phi) is 2.73. The van der Waals surface area contributed by atoms with Gasteiger partial charge in [0.2, 0.25) is 0 Å². The molecule has 16 heavy (non-hydrogen) atoms. The molecule has 4 nitrogen and oxygen atoms in total. The number of pyridine rings is 1. The number of aryl methyl sites for hydroxylation is 1. The number of rotatable bonds is 2. The maximum atomic E-state index is 11.9. The molecular formula is C12H13NO3. The maximum Gasteiger partial charge on any atom is 0.317 e. The number of ether oxygens (including phenoxy) is 1. The summed E-state index contributed by atoms with van der Waals surface area (Å²) in [7, 11) is 0. The van der Waals surface area contributed by atoms with Crippen LogP contribution in [0.25, 0.3) is 0 Å². The number of fused-ring (bicyclic) bond motifs is 1. The Labute approximate surface area is 93.6 Å². The fourth-order valence-electron chi connectivity index (χ4n) is 1.94. The van der Waals surface area contributed by atoms with Crippen LogP contribution in [-0.2, 0) is 16.0 Å². The first-order chi connectivity index (χ1) is 7.63. The lowest BCUT2D eigenvalue weighted by Gasteiger charge is -2.05. The minimum atomic E-state index is -0.668. The molecule has 1 heterocycles. The molecule has 0 spiro atoms. The third-order valence-corrected chi connectivity index (χ3v) is 2.70. The zero-order chi connectivity index (χ0) is 11.7. The molecule has 0 aliphatic heterocycles. The first-order valence-corrected chi connectivity index (χ1v) is 5.30. The average molecular weight is 219 g/mol. The van der Waals surface area contributed by atoms with Crippen molar-refractivity contribution in [2.75, 3.05) is 6.61 Å². The summed E-state index contributed by atoms with van der Waals surface area (Å²) in [6.07, 6.45) is 1.99. The van der Waals surface area contributed by atoms with Gasteiger partial charge in [-0.1, -0.05) is 0 Å². The molecule has 1 aliphatic carbocycles. The van der Waals surface area contributed by atoms with Crippen molar-refractivity contribution >= 4 is 11.8 Å². The van der Waals surface area contributed by atoms with Gasteiger partial charge in [-0.2, -0.15) is 0 Å². The van der Waals surface area contributed by atoms with Gasteiger partial charge in [0.15, 0.2) is 5.78 Å². The highest BCUT2D eigenvalue weighted by Gasteiger charge is 2.37. The SMILES string of the molecule is CCOC(=O)[C@@H]1Cc2cc(C)ncc2C1=O. The monoisotopic (exact) mass is 219 g/mol. The molecule has 0 radical (unpaired) electrons. The van der Waals surface area contributed by atoms with E-state index in [-0.39, 0.29) is 5.78 Å². The number of hydrogen-bond acceptors (Lipinski definition) is 4. The minimum Gasteiger partial charge on any atom is -0.465 e. The molecule has 0 saturated carbocycles. The number of Topliss-reactive ketones (excluding diaryl/α,β-unsaturated/α-hetero) is 1. The second-order valence-electron chi connectivity index (χ2n) is 3.86. The van der Waals surface area contributed by atoms with Crippen molar-refractivity contribution in [2.24, 2.45) is 5.92 Å². The summed E-state index contributed by atoms with van der Waals surface area (Å²) in [5.41, 5.74) is 2.32. The van der Waals surface area contributed by atoms with Crippen molar-refractivity contribution in [3.8, 4) is 0 Å². The van der Waals surface area contributed by atoms with E-state index in [9.17, 15) is 9.59 Å². The third-order valence-electron chi connectivity index (χ3n) is 2.70. The van der Waals surface area contributed by atoms with Gasteiger partial charge < -0.3 is 4.74 Å². The number of ketones is 1. The zero-order valence-electron chi connectivity index (χ0n) is 9.32. The standard InChI is InChI=1S/C12H13NO3/c1-3-16-12(15)9-5-8-4-7(2)13-6-10(8)11(9)14/h4,6,9H,3,5H2,1-2H3/t9-/m1/s1. The van der Waals surface area contributed by atoms with Crippen LogP contribution < -0.4 is 0 Å². The van der Waals surface area contributed by atoms with E-state index in [1.54, 1.807) is 13.1 Å². The fourth-order valence-corrected chi connectivity index (χ4v) is 1.94. The van der Waals surface area contributed by atoms with Crippen molar-refractivity contribution < 1.29 is 14.3 Å². The number of aromatic nitrogens is 1. The molecule has 0 fully saturated rings. The molecular weight excluding hydrogens is 206 g/mol. The highest BCUT2D eigenvalue weighted by molar-refractivity contribution is 6.12. The largest absolute Gasteiger partial charge is 0.465 e. The predicted octanol–water partition coefficient (Wildman–Crippen LogP) is 1.31. The molecule has 1 atom stereocenters. The van der Waals surface area contributed by atoms with Crippen LogP contribution in [-0.4, -0.2) is 23.3 Å². The van der Waals surface area contributed by atoms with Crippen LogP contribution in [0.5, 0.6) is 0 Å². The summed E-state index contributed by atoms with van der Waals surface area (Å²) in [5, 5.41) is 0. The van der Waals surface area contributed by atoms with Gasteiger partial charge in [-0.25, -0.2) is 0 Å². The van der Waals surface area contributed by atoms with Crippen molar-refractivity contribution in [3.63, 3.8) is 0 Å². The van der Waals surface area contributed by atoms with E-state index in [2.05, 4.69) is 4.98 Å². The quantitative estimate of drug-likeness (QED) is 0.556. The zero-order valence-corrected chi connectivity index (χ0v) is 9.32. The van der Waals surface area contributed by atoms with E-state index in [0.29, 0.717) is 18.6 Å². The first-order valence-electron chi connectivity index (χ1n) is 5.30. The van der Waals surface area contributed by atoms with Crippen LogP contribution in [0.15, 0.2) is 12.3 Å². The molecule has 0 aromatic carbocycles. The fraction of sp³-hybridized carbons (Fsp3) is 0.417. The van der Waals surface area contributed by atoms with Crippen LogP contribution in [0.2, 0.25) is 0 Å². The molecule has 84 valence electrons. The number of carbonyl (C=O) groups excluding carboxylic acids is 2. The molecule has 0 N–H and O–H groups in total. The van der Waals surface area contributed by atoms with E-state index in [1.165, 1.54) is 0 Å². The van der Waals surface area contributed by atoms with Gasteiger partial charge >= 0.3 is 5.97 Å². The molecule has 0 amide bonds. The topological polar surface area (TPSA) is 56.3 Å². The third kappa shape index (κ3) is 1.71. The molecule has 4 heteroatoms. The van der Waals surface area contributed by atoms with Gasteiger partial charge in [0, 0.05) is 17.5 Å². The lowest BCUT2D eigenvalue weighted by molar-refractivity contribution is -0.145. The summed E-state index contributed by atoms with van der Waals surface area (Å²) in [6.45, 7) is 3.90. The summed E-state index contributed by atoms with van der Waals surface area (Å²) < 4.78 is 4.88. The highest BCUT2D eigenvalue weighted by atomic mass is 16.5. The Hall–Kier alpha value is -1.71. The Balaban J connectivity index is 2.27. The molecule has 2 rings (SSSR count). The first kappa shape index (κ1) is 10.8. The minimum absolute atomic E-state index is 0.166. The van der Waals surface area contributed by atoms with Gasteiger partial charge in [0.1, 0.15) is 5.92 Å². The Bertz CT molecular complexity index is 454. The van der Waals surface area contributed by atoms with Crippen molar-refractivity contribution in [1.82, 2.24) is 4.98 Å². The number of carbonyl (C=O) groups is 2. The summed E-state index contributed by atoms with van der Waals surface area (Å²) >= 11 is 0. The van der Waals surface area contributed by atoms with E-state index in [1.807, 2.05) is 13.0 Å². The molecule has 1 aromatic heterocycles. The van der Waals surface area contributed by atoms with E-state index in [0.717, 1.165) is 11.3 Å². The smallest absolute Gasteiger partial charge is 0.317 e. The maximum absolute atomic E-state index is 11.9. The lowest BCUT2D eigenvalue weighted by atomic mass is 10.1. The molecule has 0 saturated heterocycles. The van der Waals surface area contributed by atoms with Crippen molar-refractivity contribution in [3.05, 3.63) is 29.1 Å². The van der Waals surface area contributed by atoms with Crippen LogP contribution in [0.4, 0.5) is 0 Å². The van der Waals surface area contributed by atoms with Gasteiger partial charge in [0.05, 0.1) is 6.61 Å². The Morgan fingerprint density at radius 1 is 1.62 bits per heavy atom. The number of esters is 1. The van der Waals surface area contributed by atoms with E-state index in [4.69, 9.17) is 4.74 Å². The Morgan fingerprint density at radius 2 is 2.38 bits per heavy atom.